The smallest absolute Gasteiger partial charge is 0.330 e. The number of benzene rings is 3. The molecule has 3 aliphatic rings. The predicted molar refractivity (Wildman–Crippen MR) is 174 cm³/mol. The highest BCUT2D eigenvalue weighted by Gasteiger charge is 2.54. The summed E-state index contributed by atoms with van der Waals surface area (Å²) in [5.74, 6) is 2.15. The van der Waals surface area contributed by atoms with Crippen LogP contribution in [0.5, 0.6) is 23.0 Å². The van der Waals surface area contributed by atoms with Crippen LogP contribution in [0.4, 0.5) is 0 Å². The van der Waals surface area contributed by atoms with Gasteiger partial charge in [0.25, 0.3) is 0 Å². The number of hydrogen-bond donors (Lipinski definition) is 0. The number of ether oxygens (including phenoxy) is 5. The van der Waals surface area contributed by atoms with Gasteiger partial charge in [-0.1, -0.05) is 31.2 Å². The van der Waals surface area contributed by atoms with Crippen molar-refractivity contribution in [2.75, 3.05) is 42.1 Å². The number of nitriles is 1. The van der Waals surface area contributed by atoms with Crippen molar-refractivity contribution in [2.24, 2.45) is 0 Å². The molecule has 2 bridgehead atoms. The van der Waals surface area contributed by atoms with Gasteiger partial charge < -0.3 is 23.7 Å². The normalized spacial score (nSPS) is 23.5. The van der Waals surface area contributed by atoms with Crippen molar-refractivity contribution in [3.8, 4) is 29.1 Å². The van der Waals surface area contributed by atoms with Crippen molar-refractivity contribution in [3.63, 3.8) is 0 Å². The number of carbonyl (C=O) groups excluding carboxylic acids is 1. The number of esters is 1. The molecule has 0 spiro atoms. The number of hydrogen-bond acceptors (Lipinski definition) is 9. The number of likely N-dealkylation sites (N-methyl/N-ethyl adjacent to an activating group) is 1. The van der Waals surface area contributed by atoms with E-state index < -0.39 is 12.0 Å². The van der Waals surface area contributed by atoms with E-state index in [1.165, 1.54) is 11.6 Å². The van der Waals surface area contributed by atoms with Gasteiger partial charge in [0.15, 0.2) is 23.0 Å². The average molecular weight is 624 g/mol. The van der Waals surface area contributed by atoms with E-state index in [2.05, 4.69) is 54.1 Å². The van der Waals surface area contributed by atoms with Crippen LogP contribution in [-0.2, 0) is 28.8 Å². The number of methoxy groups -OCH3 is 4. The lowest BCUT2D eigenvalue weighted by Gasteiger charge is -2.59. The summed E-state index contributed by atoms with van der Waals surface area (Å²) in [6.07, 6.45) is 5.53. The van der Waals surface area contributed by atoms with Gasteiger partial charge in [-0.05, 0) is 90.0 Å². The lowest BCUT2D eigenvalue weighted by Crippen LogP contribution is -2.68. The molecular formula is C37H41N3O6. The lowest BCUT2D eigenvalue weighted by atomic mass is 9.72. The van der Waals surface area contributed by atoms with Gasteiger partial charge in [0.05, 0.1) is 46.6 Å². The number of nitrogens with zero attached hydrogens (tertiary/aromatic N) is 3. The third-order valence-corrected chi connectivity index (χ3v) is 9.90. The Morgan fingerprint density at radius 3 is 2.02 bits per heavy atom. The second-order valence-corrected chi connectivity index (χ2v) is 12.1. The van der Waals surface area contributed by atoms with Crippen LogP contribution >= 0.6 is 0 Å². The van der Waals surface area contributed by atoms with Crippen LogP contribution < -0.4 is 18.9 Å². The van der Waals surface area contributed by atoms with E-state index in [-0.39, 0.29) is 30.8 Å². The number of fused-ring (bicyclic) bond motifs is 7. The quantitative estimate of drug-likeness (QED) is 0.232. The molecule has 1 saturated heterocycles. The SMILES string of the molecule is CCc1ccc(/C=C/C(=O)OC[C@H]2c3cc(OC)c(OC)cc3CC3[C@H]4c5cc(OC)c(OC)cc5C[C@@H]([C@H](C#N)N32)N4C)cc1. The first-order valence-electron chi connectivity index (χ1n) is 15.7. The molecule has 3 aromatic rings. The van der Waals surface area contributed by atoms with E-state index in [1.807, 2.05) is 24.3 Å². The summed E-state index contributed by atoms with van der Waals surface area (Å²) < 4.78 is 28.7. The summed E-state index contributed by atoms with van der Waals surface area (Å²) in [6.45, 7) is 2.19. The minimum Gasteiger partial charge on any atom is -0.493 e. The van der Waals surface area contributed by atoms with Crippen molar-refractivity contribution in [1.82, 2.24) is 9.80 Å². The largest absolute Gasteiger partial charge is 0.493 e. The molecule has 0 aliphatic carbocycles. The van der Waals surface area contributed by atoms with Gasteiger partial charge in [0.2, 0.25) is 0 Å². The molecule has 240 valence electrons. The molecule has 9 nitrogen and oxygen atoms in total. The first-order valence-corrected chi connectivity index (χ1v) is 15.7. The van der Waals surface area contributed by atoms with E-state index in [0.717, 1.165) is 34.2 Å². The summed E-state index contributed by atoms with van der Waals surface area (Å²) in [5, 5.41) is 10.7. The summed E-state index contributed by atoms with van der Waals surface area (Å²) in [5.41, 5.74) is 6.51. The predicted octanol–water partition coefficient (Wildman–Crippen LogP) is 5.31. The maximum Gasteiger partial charge on any atom is 0.330 e. The molecule has 9 heteroatoms. The maximum absolute atomic E-state index is 13.1. The first-order chi connectivity index (χ1) is 22.3. The summed E-state index contributed by atoms with van der Waals surface area (Å²) in [6, 6.07) is 17.8. The van der Waals surface area contributed by atoms with Gasteiger partial charge >= 0.3 is 5.97 Å². The minimum absolute atomic E-state index is 0.0383. The highest BCUT2D eigenvalue weighted by Crippen LogP contribution is 2.52. The second-order valence-electron chi connectivity index (χ2n) is 12.1. The van der Waals surface area contributed by atoms with Crippen LogP contribution in [-0.4, -0.2) is 76.0 Å². The third kappa shape index (κ3) is 5.46. The number of piperazine rings is 1. The van der Waals surface area contributed by atoms with Crippen molar-refractivity contribution in [1.29, 1.82) is 5.26 Å². The third-order valence-electron chi connectivity index (χ3n) is 9.90. The molecule has 6 rings (SSSR count). The Bertz CT molecular complexity index is 1680. The molecule has 1 fully saturated rings. The van der Waals surface area contributed by atoms with Crippen LogP contribution in [0.15, 0.2) is 54.6 Å². The molecule has 3 aromatic carbocycles. The van der Waals surface area contributed by atoms with Crippen molar-refractivity contribution >= 4 is 12.0 Å². The van der Waals surface area contributed by atoms with Gasteiger partial charge in [-0.2, -0.15) is 5.26 Å². The molecular weight excluding hydrogens is 582 g/mol. The molecule has 5 atom stereocenters. The van der Waals surface area contributed by atoms with Crippen LogP contribution in [0.2, 0.25) is 0 Å². The fraction of sp³-hybridized carbons (Fsp3) is 0.405. The molecule has 46 heavy (non-hydrogen) atoms. The Morgan fingerprint density at radius 1 is 0.870 bits per heavy atom. The fourth-order valence-electron chi connectivity index (χ4n) is 7.58. The molecule has 0 amide bonds. The van der Waals surface area contributed by atoms with Gasteiger partial charge in [-0.25, -0.2) is 4.79 Å². The topological polar surface area (TPSA) is 93.5 Å². The van der Waals surface area contributed by atoms with Crippen LogP contribution in [0, 0.1) is 11.3 Å². The highest BCUT2D eigenvalue weighted by molar-refractivity contribution is 5.87. The molecule has 3 aliphatic heterocycles. The Kier molecular flexibility index (Phi) is 8.94. The van der Waals surface area contributed by atoms with E-state index >= 15 is 0 Å². The second kappa shape index (κ2) is 13.1. The zero-order valence-electron chi connectivity index (χ0n) is 27.3. The van der Waals surface area contributed by atoms with Crippen LogP contribution in [0.3, 0.4) is 0 Å². The Hall–Kier alpha value is -4.52. The molecule has 0 radical (unpaired) electrons. The van der Waals surface area contributed by atoms with Crippen molar-refractivity contribution in [2.45, 2.75) is 56.4 Å². The Labute approximate surface area is 270 Å². The van der Waals surface area contributed by atoms with Gasteiger partial charge in [0, 0.05) is 18.2 Å². The number of rotatable bonds is 9. The maximum atomic E-state index is 13.1. The molecule has 0 saturated carbocycles. The fourth-order valence-corrected chi connectivity index (χ4v) is 7.58. The average Bonchev–Trinajstić information content (AvgIpc) is 3.08. The molecule has 1 unspecified atom stereocenters. The molecule has 0 aromatic heterocycles. The van der Waals surface area contributed by atoms with Gasteiger partial charge in [-0.3, -0.25) is 9.80 Å². The van der Waals surface area contributed by atoms with E-state index in [0.29, 0.717) is 35.8 Å². The van der Waals surface area contributed by atoms with Crippen molar-refractivity contribution in [3.05, 3.63) is 88.0 Å². The van der Waals surface area contributed by atoms with Crippen LogP contribution in [0.25, 0.3) is 6.08 Å². The standard InChI is InChI=1S/C37H41N3O6/c1-7-22-8-10-23(11-9-22)12-13-36(41)46-21-31-26-18-34(44-5)32(42-3)16-24(26)15-29-37-27-19-35(45-6)33(43-4)17-25(27)14-28(39(37)2)30(20-38)40(29)31/h8-13,16-19,28-31,37H,7,14-15,21H2,1-6H3/b13-12+/t28-,29?,30-,31-,37+/m0/s1. The highest BCUT2D eigenvalue weighted by atomic mass is 16.5. The number of aryl methyl sites for hydroxylation is 1. The minimum atomic E-state index is -0.454. The van der Waals surface area contributed by atoms with Crippen LogP contribution in [0.1, 0.15) is 52.4 Å². The Morgan fingerprint density at radius 2 is 1.43 bits per heavy atom. The summed E-state index contributed by atoms with van der Waals surface area (Å²) in [7, 11) is 8.63. The monoisotopic (exact) mass is 623 g/mol. The van der Waals surface area contributed by atoms with Gasteiger partial charge in [0.1, 0.15) is 12.6 Å². The van der Waals surface area contributed by atoms with Gasteiger partial charge in [-0.15, -0.1) is 0 Å². The lowest BCUT2D eigenvalue weighted by molar-refractivity contribution is -0.143. The summed E-state index contributed by atoms with van der Waals surface area (Å²) >= 11 is 0. The van der Waals surface area contributed by atoms with Crippen molar-refractivity contribution < 1.29 is 28.5 Å². The van der Waals surface area contributed by atoms with E-state index in [9.17, 15) is 10.1 Å². The summed E-state index contributed by atoms with van der Waals surface area (Å²) in [4.78, 5) is 17.7. The molecule has 3 heterocycles. The first kappa shape index (κ1) is 31.5. The van der Waals surface area contributed by atoms with E-state index in [4.69, 9.17) is 23.7 Å². The number of carbonyl (C=O) groups is 1. The Balaban J connectivity index is 1.39. The zero-order chi connectivity index (χ0) is 32.5. The zero-order valence-corrected chi connectivity index (χ0v) is 27.3. The van der Waals surface area contributed by atoms with E-state index in [1.54, 1.807) is 34.5 Å². The molecule has 0 N–H and O–H groups in total.